The van der Waals surface area contributed by atoms with E-state index in [1.807, 2.05) is 0 Å². The van der Waals surface area contributed by atoms with Gasteiger partial charge >= 0.3 is 0 Å². The highest BCUT2D eigenvalue weighted by molar-refractivity contribution is 5.31. The van der Waals surface area contributed by atoms with Crippen molar-refractivity contribution < 1.29 is 0 Å². The molecule has 0 saturated carbocycles. The van der Waals surface area contributed by atoms with Gasteiger partial charge in [-0.15, -0.1) is 0 Å². The largest absolute Gasteiger partial charge is 0.308 e. The summed E-state index contributed by atoms with van der Waals surface area (Å²) < 4.78 is 0. The predicted octanol–water partition coefficient (Wildman–Crippen LogP) is 1.91. The van der Waals surface area contributed by atoms with E-state index < -0.39 is 0 Å². The van der Waals surface area contributed by atoms with Crippen LogP contribution in [-0.4, -0.2) is 9.97 Å². The fourth-order valence-corrected chi connectivity index (χ4v) is 1.50. The first kappa shape index (κ1) is 10.9. The van der Waals surface area contributed by atoms with Crippen LogP contribution in [0.5, 0.6) is 0 Å². The van der Waals surface area contributed by atoms with Gasteiger partial charge < -0.3 is 5.43 Å². The monoisotopic (exact) mass is 194 g/mol. The molecule has 78 valence electrons. The SMILES string of the molecule is CC(C)CC(C)c1nccc(NN)n1. The van der Waals surface area contributed by atoms with Crippen LogP contribution in [0.15, 0.2) is 12.3 Å². The van der Waals surface area contributed by atoms with Crippen molar-refractivity contribution in [3.8, 4) is 0 Å². The Kier molecular flexibility index (Phi) is 3.83. The third kappa shape index (κ3) is 2.96. The second-order valence-electron chi connectivity index (χ2n) is 3.98. The number of hydrogen-bond acceptors (Lipinski definition) is 4. The van der Waals surface area contributed by atoms with Crippen LogP contribution in [0.2, 0.25) is 0 Å². The molecular formula is C10H18N4. The van der Waals surface area contributed by atoms with Crippen LogP contribution >= 0.6 is 0 Å². The minimum atomic E-state index is 0.378. The van der Waals surface area contributed by atoms with Crippen molar-refractivity contribution in [2.24, 2.45) is 11.8 Å². The lowest BCUT2D eigenvalue weighted by atomic mass is 9.98. The Morgan fingerprint density at radius 1 is 1.43 bits per heavy atom. The molecule has 0 fully saturated rings. The van der Waals surface area contributed by atoms with Crippen LogP contribution in [0.4, 0.5) is 5.82 Å². The zero-order valence-electron chi connectivity index (χ0n) is 8.99. The van der Waals surface area contributed by atoms with Crippen LogP contribution < -0.4 is 11.3 Å². The van der Waals surface area contributed by atoms with Crippen LogP contribution in [0.3, 0.4) is 0 Å². The number of aromatic nitrogens is 2. The van der Waals surface area contributed by atoms with Crippen LogP contribution in [0.1, 0.15) is 38.9 Å². The lowest BCUT2D eigenvalue weighted by Crippen LogP contribution is -2.11. The van der Waals surface area contributed by atoms with Crippen molar-refractivity contribution >= 4 is 5.82 Å². The highest BCUT2D eigenvalue weighted by Crippen LogP contribution is 2.20. The van der Waals surface area contributed by atoms with E-state index in [1.165, 1.54) is 0 Å². The van der Waals surface area contributed by atoms with Crippen molar-refractivity contribution in [3.05, 3.63) is 18.1 Å². The fraction of sp³-hybridized carbons (Fsp3) is 0.600. The fourth-order valence-electron chi connectivity index (χ4n) is 1.50. The quantitative estimate of drug-likeness (QED) is 0.567. The molecule has 0 aromatic carbocycles. The molecule has 4 heteroatoms. The maximum atomic E-state index is 5.28. The Balaban J connectivity index is 2.73. The highest BCUT2D eigenvalue weighted by atomic mass is 15.3. The van der Waals surface area contributed by atoms with Gasteiger partial charge in [0, 0.05) is 18.2 Å². The molecule has 14 heavy (non-hydrogen) atoms. The van der Waals surface area contributed by atoms with Crippen LogP contribution in [0, 0.1) is 5.92 Å². The molecule has 0 aliphatic carbocycles. The van der Waals surface area contributed by atoms with Crippen molar-refractivity contribution in [1.29, 1.82) is 0 Å². The summed E-state index contributed by atoms with van der Waals surface area (Å²) in [5, 5.41) is 0. The Labute approximate surface area is 84.9 Å². The number of nitrogens with zero attached hydrogens (tertiary/aromatic N) is 2. The number of nitrogens with one attached hydrogen (secondary N) is 1. The van der Waals surface area contributed by atoms with Gasteiger partial charge in [-0.25, -0.2) is 15.8 Å². The number of hydrazine groups is 1. The summed E-state index contributed by atoms with van der Waals surface area (Å²) in [6.45, 7) is 6.53. The minimum absolute atomic E-state index is 0.378. The molecule has 1 atom stereocenters. The van der Waals surface area contributed by atoms with E-state index in [4.69, 9.17) is 5.84 Å². The molecule has 4 nitrogen and oxygen atoms in total. The first-order valence-electron chi connectivity index (χ1n) is 4.93. The minimum Gasteiger partial charge on any atom is -0.308 e. The Hall–Kier alpha value is -1.16. The van der Waals surface area contributed by atoms with E-state index in [0.29, 0.717) is 17.7 Å². The Morgan fingerprint density at radius 2 is 2.14 bits per heavy atom. The van der Waals surface area contributed by atoms with Crippen molar-refractivity contribution in [3.63, 3.8) is 0 Å². The molecule has 1 unspecified atom stereocenters. The molecule has 0 aliphatic rings. The van der Waals surface area contributed by atoms with Gasteiger partial charge in [-0.3, -0.25) is 0 Å². The summed E-state index contributed by atoms with van der Waals surface area (Å²) in [4.78, 5) is 8.53. The molecule has 1 heterocycles. The smallest absolute Gasteiger partial charge is 0.143 e. The zero-order valence-corrected chi connectivity index (χ0v) is 8.99. The summed E-state index contributed by atoms with van der Waals surface area (Å²) in [6, 6.07) is 1.76. The first-order chi connectivity index (χ1) is 6.63. The normalized spacial score (nSPS) is 12.9. The maximum Gasteiger partial charge on any atom is 0.143 e. The highest BCUT2D eigenvalue weighted by Gasteiger charge is 2.10. The average molecular weight is 194 g/mol. The number of rotatable bonds is 4. The molecule has 1 aromatic rings. The topological polar surface area (TPSA) is 63.8 Å². The number of anilines is 1. The zero-order chi connectivity index (χ0) is 10.6. The molecular weight excluding hydrogens is 176 g/mol. The molecule has 0 bridgehead atoms. The summed E-state index contributed by atoms with van der Waals surface area (Å²) >= 11 is 0. The van der Waals surface area contributed by atoms with E-state index in [-0.39, 0.29) is 0 Å². The van der Waals surface area contributed by atoms with E-state index in [1.54, 1.807) is 12.3 Å². The average Bonchev–Trinajstić information content (AvgIpc) is 2.17. The molecule has 0 radical (unpaired) electrons. The number of nitrogen functional groups attached to an aromatic ring is 1. The van der Waals surface area contributed by atoms with E-state index >= 15 is 0 Å². The van der Waals surface area contributed by atoms with Crippen LogP contribution in [-0.2, 0) is 0 Å². The van der Waals surface area contributed by atoms with Gasteiger partial charge in [0.05, 0.1) is 0 Å². The molecule has 3 N–H and O–H groups in total. The third-order valence-corrected chi connectivity index (χ3v) is 2.09. The van der Waals surface area contributed by atoms with E-state index in [9.17, 15) is 0 Å². The van der Waals surface area contributed by atoms with Gasteiger partial charge in [-0.05, 0) is 12.3 Å². The number of nitrogens with two attached hydrogens (primary N) is 1. The van der Waals surface area contributed by atoms with Gasteiger partial charge in [-0.1, -0.05) is 20.8 Å². The maximum absolute atomic E-state index is 5.28. The Bertz CT molecular complexity index is 285. The molecule has 0 spiro atoms. The molecule has 0 amide bonds. The van der Waals surface area contributed by atoms with Crippen molar-refractivity contribution in [1.82, 2.24) is 9.97 Å². The first-order valence-corrected chi connectivity index (χ1v) is 4.93. The molecule has 0 saturated heterocycles. The summed E-state index contributed by atoms with van der Waals surface area (Å²) in [7, 11) is 0. The van der Waals surface area contributed by atoms with Gasteiger partial charge in [-0.2, -0.15) is 0 Å². The van der Waals surface area contributed by atoms with E-state index in [2.05, 4.69) is 36.2 Å². The van der Waals surface area contributed by atoms with Gasteiger partial charge in [0.15, 0.2) is 0 Å². The lowest BCUT2D eigenvalue weighted by Gasteiger charge is -2.12. The van der Waals surface area contributed by atoms with Gasteiger partial charge in [0.1, 0.15) is 11.6 Å². The summed E-state index contributed by atoms with van der Waals surface area (Å²) in [5.41, 5.74) is 2.52. The lowest BCUT2D eigenvalue weighted by molar-refractivity contribution is 0.507. The molecule has 1 aromatic heterocycles. The third-order valence-electron chi connectivity index (χ3n) is 2.09. The molecule has 0 aliphatic heterocycles. The molecule has 1 rings (SSSR count). The summed E-state index contributed by atoms with van der Waals surface area (Å²) in [5.74, 6) is 7.84. The van der Waals surface area contributed by atoms with Crippen molar-refractivity contribution in [2.75, 3.05) is 5.43 Å². The van der Waals surface area contributed by atoms with Gasteiger partial charge in [0.2, 0.25) is 0 Å². The second kappa shape index (κ2) is 4.91. The van der Waals surface area contributed by atoms with Crippen LogP contribution in [0.25, 0.3) is 0 Å². The second-order valence-corrected chi connectivity index (χ2v) is 3.98. The Morgan fingerprint density at radius 3 is 2.71 bits per heavy atom. The van der Waals surface area contributed by atoms with Crippen molar-refractivity contribution in [2.45, 2.75) is 33.1 Å². The standard InChI is InChI=1S/C10H18N4/c1-7(2)6-8(3)10-12-5-4-9(13-10)14-11/h4-5,7-8H,6,11H2,1-3H3,(H,12,13,14). The number of hydrogen-bond donors (Lipinski definition) is 2. The predicted molar refractivity (Wildman–Crippen MR) is 57.7 cm³/mol. The van der Waals surface area contributed by atoms with E-state index in [0.717, 1.165) is 12.2 Å². The summed E-state index contributed by atoms with van der Waals surface area (Å²) in [6.07, 6.45) is 2.82. The van der Waals surface area contributed by atoms with Gasteiger partial charge in [0.25, 0.3) is 0 Å².